The summed E-state index contributed by atoms with van der Waals surface area (Å²) >= 11 is 0. The molecule has 0 saturated heterocycles. The summed E-state index contributed by atoms with van der Waals surface area (Å²) in [6.07, 6.45) is 0. The fourth-order valence-electron chi connectivity index (χ4n) is 0. The van der Waals surface area contributed by atoms with Crippen molar-refractivity contribution in [2.45, 2.75) is 0 Å². The van der Waals surface area contributed by atoms with Crippen molar-refractivity contribution in [1.82, 2.24) is 0 Å². The summed E-state index contributed by atoms with van der Waals surface area (Å²) in [6, 6.07) is 0. The SMILES string of the molecule is O=C(O)C(=O)O.[Cu].[MgH2]. The minimum Gasteiger partial charge on any atom is -0.473 e. The Morgan fingerprint density at radius 2 is 1.12 bits per heavy atom. The molecule has 6 heteroatoms. The molecule has 0 aliphatic heterocycles. The molecule has 0 fully saturated rings. The van der Waals surface area contributed by atoms with E-state index in [1.54, 1.807) is 0 Å². The molecule has 0 saturated carbocycles. The van der Waals surface area contributed by atoms with Crippen LogP contribution in [0.2, 0.25) is 0 Å². The second-order valence-electron chi connectivity index (χ2n) is 0.610. The molecule has 1 radical (unpaired) electrons. The topological polar surface area (TPSA) is 74.6 Å². The van der Waals surface area contributed by atoms with E-state index in [1.807, 2.05) is 0 Å². The van der Waals surface area contributed by atoms with Crippen LogP contribution in [0, 0.1) is 0 Å². The summed E-state index contributed by atoms with van der Waals surface area (Å²) in [7, 11) is 0. The molecule has 0 amide bonds. The van der Waals surface area contributed by atoms with E-state index >= 15 is 0 Å². The summed E-state index contributed by atoms with van der Waals surface area (Å²) in [5.41, 5.74) is 0. The third-order valence-corrected chi connectivity index (χ3v) is 0.183. The Hall–Kier alpha value is 0.226. The number of carboxylic acids is 2. The van der Waals surface area contributed by atoms with Gasteiger partial charge in [-0.25, -0.2) is 9.59 Å². The summed E-state index contributed by atoms with van der Waals surface area (Å²) in [5.74, 6) is -3.65. The van der Waals surface area contributed by atoms with Gasteiger partial charge in [-0.15, -0.1) is 0 Å². The zero-order valence-corrected chi connectivity index (χ0v) is 3.95. The van der Waals surface area contributed by atoms with Gasteiger partial charge in [-0.1, -0.05) is 0 Å². The van der Waals surface area contributed by atoms with Gasteiger partial charge in [0, 0.05) is 17.1 Å². The van der Waals surface area contributed by atoms with Crippen molar-refractivity contribution in [3.05, 3.63) is 0 Å². The maximum absolute atomic E-state index is 9.10. The Bertz CT molecular complexity index is 80.0. The number of rotatable bonds is 0. The molecule has 0 unspecified atom stereocenters. The zero-order chi connectivity index (χ0) is 5.15. The van der Waals surface area contributed by atoms with Crippen LogP contribution in [0.1, 0.15) is 0 Å². The molecular formula is C2H4CuMgO4. The van der Waals surface area contributed by atoms with Crippen molar-refractivity contribution >= 4 is 35.0 Å². The molecule has 0 bridgehead atoms. The number of carbonyl (C=O) groups is 2. The first-order valence-electron chi connectivity index (χ1n) is 1.11. The third-order valence-electron chi connectivity index (χ3n) is 0.183. The number of carboxylic acid groups (broad SMARTS) is 2. The summed E-state index contributed by atoms with van der Waals surface area (Å²) in [4.78, 5) is 18.2. The standard InChI is InChI=1S/C2H2O4.Cu.Mg.2H/c3-1(4)2(5)6;;;;/h(H,3,4)(H,5,6);;;;. The number of aliphatic carboxylic acids is 2. The van der Waals surface area contributed by atoms with Crippen LogP contribution < -0.4 is 0 Å². The van der Waals surface area contributed by atoms with Gasteiger partial charge in [-0.05, 0) is 0 Å². The van der Waals surface area contributed by atoms with Crippen molar-refractivity contribution in [3.63, 3.8) is 0 Å². The smallest absolute Gasteiger partial charge is 0.414 e. The minimum atomic E-state index is -1.82. The van der Waals surface area contributed by atoms with Gasteiger partial charge in [0.1, 0.15) is 0 Å². The van der Waals surface area contributed by atoms with Crippen molar-refractivity contribution in [2.24, 2.45) is 0 Å². The van der Waals surface area contributed by atoms with E-state index in [0.717, 1.165) is 0 Å². The second kappa shape index (κ2) is 7.23. The first-order valence-corrected chi connectivity index (χ1v) is 1.11. The largest absolute Gasteiger partial charge is 0.473 e. The maximum atomic E-state index is 9.10. The molecule has 0 aliphatic carbocycles. The first-order chi connectivity index (χ1) is 2.64. The predicted molar refractivity (Wildman–Crippen MR) is 23.8 cm³/mol. The maximum Gasteiger partial charge on any atom is 0.414 e. The minimum absolute atomic E-state index is 0. The molecule has 0 aromatic rings. The summed E-state index contributed by atoms with van der Waals surface area (Å²) in [6.45, 7) is 0. The Morgan fingerprint density at radius 3 is 1.12 bits per heavy atom. The summed E-state index contributed by atoms with van der Waals surface area (Å²) < 4.78 is 0. The Kier molecular flexibility index (Phi) is 14.2. The van der Waals surface area contributed by atoms with Crippen LogP contribution in [0.3, 0.4) is 0 Å². The molecular weight excluding hydrogens is 176 g/mol. The molecule has 0 aromatic carbocycles. The molecule has 8 heavy (non-hydrogen) atoms. The summed E-state index contributed by atoms with van der Waals surface area (Å²) in [5, 5.41) is 14.8. The van der Waals surface area contributed by atoms with Gasteiger partial charge in [0.2, 0.25) is 0 Å². The molecule has 0 rings (SSSR count). The van der Waals surface area contributed by atoms with E-state index in [4.69, 9.17) is 19.8 Å². The fourth-order valence-corrected chi connectivity index (χ4v) is 0. The Labute approximate surface area is 71.9 Å². The average molecular weight is 180 g/mol. The van der Waals surface area contributed by atoms with E-state index in [9.17, 15) is 0 Å². The van der Waals surface area contributed by atoms with Gasteiger partial charge in [0.25, 0.3) is 0 Å². The molecule has 0 spiro atoms. The Morgan fingerprint density at radius 1 is 1.00 bits per heavy atom. The van der Waals surface area contributed by atoms with E-state index in [1.165, 1.54) is 0 Å². The third kappa shape index (κ3) is 9.52. The molecule has 0 aliphatic rings. The van der Waals surface area contributed by atoms with Gasteiger partial charge in [0.05, 0.1) is 0 Å². The van der Waals surface area contributed by atoms with Crippen molar-refractivity contribution < 1.29 is 36.9 Å². The van der Waals surface area contributed by atoms with E-state index in [0.29, 0.717) is 0 Å². The van der Waals surface area contributed by atoms with Gasteiger partial charge < -0.3 is 10.2 Å². The average Bonchev–Trinajstić information content (AvgIpc) is 1.36. The first kappa shape index (κ1) is 15.7. The van der Waals surface area contributed by atoms with E-state index in [-0.39, 0.29) is 40.1 Å². The second-order valence-corrected chi connectivity index (χ2v) is 0.610. The zero-order valence-electron chi connectivity index (χ0n) is 3.01. The van der Waals surface area contributed by atoms with Gasteiger partial charge in [-0.3, -0.25) is 0 Å². The van der Waals surface area contributed by atoms with Crippen molar-refractivity contribution in [3.8, 4) is 0 Å². The van der Waals surface area contributed by atoms with Crippen LogP contribution in [0.4, 0.5) is 0 Å². The van der Waals surface area contributed by atoms with Crippen molar-refractivity contribution in [1.29, 1.82) is 0 Å². The molecule has 0 aromatic heterocycles. The molecule has 4 nitrogen and oxygen atoms in total. The van der Waals surface area contributed by atoms with Crippen LogP contribution in [0.15, 0.2) is 0 Å². The molecule has 0 heterocycles. The normalized spacial score (nSPS) is 5.50. The molecule has 2 N–H and O–H groups in total. The molecule has 49 valence electrons. The Balaban J connectivity index is -0.000000125. The van der Waals surface area contributed by atoms with Crippen LogP contribution >= 0.6 is 0 Å². The van der Waals surface area contributed by atoms with Gasteiger partial charge in [0.15, 0.2) is 0 Å². The van der Waals surface area contributed by atoms with Crippen LogP contribution in [0.25, 0.3) is 0 Å². The van der Waals surface area contributed by atoms with Crippen LogP contribution in [-0.2, 0) is 26.7 Å². The van der Waals surface area contributed by atoms with E-state index < -0.39 is 11.9 Å². The van der Waals surface area contributed by atoms with E-state index in [2.05, 4.69) is 0 Å². The van der Waals surface area contributed by atoms with Gasteiger partial charge >= 0.3 is 35.0 Å². The number of hydrogen-bond acceptors (Lipinski definition) is 2. The fraction of sp³-hybridized carbons (Fsp3) is 0. The van der Waals surface area contributed by atoms with Crippen LogP contribution in [-0.4, -0.2) is 45.2 Å². The van der Waals surface area contributed by atoms with Crippen molar-refractivity contribution in [2.75, 3.05) is 0 Å². The molecule has 0 atom stereocenters. The monoisotopic (exact) mass is 179 g/mol. The van der Waals surface area contributed by atoms with Gasteiger partial charge in [-0.2, -0.15) is 0 Å². The quantitative estimate of drug-likeness (QED) is 0.342. The van der Waals surface area contributed by atoms with Crippen LogP contribution in [0.5, 0.6) is 0 Å². The number of hydrogen-bond donors (Lipinski definition) is 2. The predicted octanol–water partition coefficient (Wildman–Crippen LogP) is -1.76.